The summed E-state index contributed by atoms with van der Waals surface area (Å²) in [5, 5.41) is 0. The molecular formula is C6H10BrF. The highest BCUT2D eigenvalue weighted by molar-refractivity contribution is 9.11. The third kappa shape index (κ3) is 3.19. The molecule has 0 saturated heterocycles. The van der Waals surface area contributed by atoms with Crippen LogP contribution in [0.2, 0.25) is 0 Å². The molecule has 0 aliphatic heterocycles. The smallest absolute Gasteiger partial charge is 0.0931 e. The lowest BCUT2D eigenvalue weighted by atomic mass is 10.2. The van der Waals surface area contributed by atoms with E-state index in [9.17, 15) is 4.39 Å². The highest BCUT2D eigenvalue weighted by Crippen LogP contribution is 2.12. The molecule has 0 saturated carbocycles. The second-order valence-corrected chi connectivity index (χ2v) is 2.94. The lowest BCUT2D eigenvalue weighted by Gasteiger charge is -1.95. The zero-order valence-electron chi connectivity index (χ0n) is 5.17. The molecule has 0 spiro atoms. The second-order valence-electron chi connectivity index (χ2n) is 1.75. The van der Waals surface area contributed by atoms with E-state index < -0.39 is 0 Å². The Hall–Kier alpha value is 0.150. The molecular weight excluding hydrogens is 171 g/mol. The van der Waals surface area contributed by atoms with Gasteiger partial charge in [0.05, 0.1) is 6.67 Å². The molecule has 0 aromatic heterocycles. The van der Waals surface area contributed by atoms with Crippen LogP contribution in [0.15, 0.2) is 10.1 Å². The number of hydrogen-bond acceptors (Lipinski definition) is 0. The fraction of sp³-hybridized carbons (Fsp3) is 0.667. The monoisotopic (exact) mass is 180 g/mol. The lowest BCUT2D eigenvalue weighted by Crippen LogP contribution is -1.79. The van der Waals surface area contributed by atoms with Gasteiger partial charge >= 0.3 is 0 Å². The summed E-state index contributed by atoms with van der Waals surface area (Å²) in [6.45, 7) is 3.59. The minimum atomic E-state index is -0.255. The molecule has 48 valence electrons. The Morgan fingerprint density at radius 2 is 2.00 bits per heavy atom. The number of halogens is 2. The largest absolute Gasteiger partial charge is 0.251 e. The van der Waals surface area contributed by atoms with Crippen molar-refractivity contribution in [3.05, 3.63) is 10.1 Å². The molecule has 0 amide bonds. The van der Waals surface area contributed by atoms with Gasteiger partial charge in [-0.05, 0) is 24.8 Å². The van der Waals surface area contributed by atoms with Gasteiger partial charge in [-0.2, -0.15) is 0 Å². The summed E-state index contributed by atoms with van der Waals surface area (Å²) in [7, 11) is 0. The number of alkyl halides is 1. The van der Waals surface area contributed by atoms with Gasteiger partial charge in [0.25, 0.3) is 0 Å². The summed E-state index contributed by atoms with van der Waals surface area (Å²) in [6.07, 6.45) is 0.553. The van der Waals surface area contributed by atoms with Crippen LogP contribution in [0.25, 0.3) is 0 Å². The van der Waals surface area contributed by atoms with E-state index in [0.29, 0.717) is 6.42 Å². The van der Waals surface area contributed by atoms with Crippen molar-refractivity contribution in [1.29, 1.82) is 0 Å². The van der Waals surface area contributed by atoms with E-state index in [1.165, 1.54) is 0 Å². The van der Waals surface area contributed by atoms with Crippen LogP contribution in [-0.4, -0.2) is 6.67 Å². The normalized spacial score (nSPS) is 13.5. The van der Waals surface area contributed by atoms with Crippen molar-refractivity contribution in [3.63, 3.8) is 0 Å². The summed E-state index contributed by atoms with van der Waals surface area (Å²) in [5.41, 5.74) is 1.09. The highest BCUT2D eigenvalue weighted by atomic mass is 79.9. The van der Waals surface area contributed by atoms with Gasteiger partial charge in [-0.15, -0.1) is 0 Å². The summed E-state index contributed by atoms with van der Waals surface area (Å²) >= 11 is 3.25. The molecule has 0 aliphatic carbocycles. The molecule has 0 unspecified atom stereocenters. The Morgan fingerprint density at radius 3 is 2.12 bits per heavy atom. The second kappa shape index (κ2) is 4.07. The van der Waals surface area contributed by atoms with Gasteiger partial charge in [0, 0.05) is 0 Å². The van der Waals surface area contributed by atoms with E-state index in [1.54, 1.807) is 0 Å². The van der Waals surface area contributed by atoms with Crippen molar-refractivity contribution in [2.75, 3.05) is 6.67 Å². The van der Waals surface area contributed by atoms with E-state index in [4.69, 9.17) is 0 Å². The summed E-state index contributed by atoms with van der Waals surface area (Å²) in [6, 6.07) is 0. The van der Waals surface area contributed by atoms with E-state index in [2.05, 4.69) is 15.9 Å². The molecule has 0 heterocycles. The predicted octanol–water partition coefficient (Wildman–Crippen LogP) is 3.03. The van der Waals surface area contributed by atoms with Gasteiger partial charge in [-0.25, -0.2) is 0 Å². The molecule has 0 bridgehead atoms. The quantitative estimate of drug-likeness (QED) is 0.614. The fourth-order valence-electron chi connectivity index (χ4n) is 0.314. The predicted molar refractivity (Wildman–Crippen MR) is 37.9 cm³/mol. The first kappa shape index (κ1) is 8.15. The Labute approximate surface area is 57.9 Å². The zero-order valence-corrected chi connectivity index (χ0v) is 6.76. The van der Waals surface area contributed by atoms with Gasteiger partial charge in [0.2, 0.25) is 0 Å². The first-order valence-electron chi connectivity index (χ1n) is 2.56. The number of hydrogen-bond donors (Lipinski definition) is 0. The lowest BCUT2D eigenvalue weighted by molar-refractivity contribution is 0.494. The fourth-order valence-corrected chi connectivity index (χ4v) is 0.512. The molecule has 0 aromatic carbocycles. The molecule has 0 fully saturated rings. The van der Waals surface area contributed by atoms with Crippen LogP contribution >= 0.6 is 15.9 Å². The molecule has 0 nitrogen and oxygen atoms in total. The van der Waals surface area contributed by atoms with Crippen LogP contribution < -0.4 is 0 Å². The van der Waals surface area contributed by atoms with E-state index in [0.717, 1.165) is 10.1 Å². The maximum atomic E-state index is 11.5. The summed E-state index contributed by atoms with van der Waals surface area (Å²) in [5.74, 6) is 0. The van der Waals surface area contributed by atoms with Crippen LogP contribution in [0.1, 0.15) is 20.3 Å². The van der Waals surface area contributed by atoms with Crippen molar-refractivity contribution < 1.29 is 4.39 Å². The van der Waals surface area contributed by atoms with Crippen LogP contribution in [0, 0.1) is 0 Å². The van der Waals surface area contributed by atoms with Crippen molar-refractivity contribution in [3.8, 4) is 0 Å². The Kier molecular flexibility index (Phi) is 4.15. The van der Waals surface area contributed by atoms with Gasteiger partial charge in [0.15, 0.2) is 0 Å². The Morgan fingerprint density at radius 1 is 1.50 bits per heavy atom. The molecule has 0 N–H and O–H groups in total. The zero-order chi connectivity index (χ0) is 6.57. The molecule has 0 aliphatic rings. The van der Waals surface area contributed by atoms with Gasteiger partial charge in [-0.1, -0.05) is 21.5 Å². The van der Waals surface area contributed by atoms with Crippen LogP contribution in [0.3, 0.4) is 0 Å². The standard InChI is InChI=1S/C6H10BrF/c1-5(3-4-8)6(2)7/h3-4H2,1-2H3. The Bertz CT molecular complexity index is 92.7. The molecule has 0 aromatic rings. The van der Waals surface area contributed by atoms with Gasteiger partial charge in [0.1, 0.15) is 0 Å². The average Bonchev–Trinajstić information content (AvgIpc) is 1.67. The summed E-state index contributed by atoms with van der Waals surface area (Å²) < 4.78 is 12.6. The van der Waals surface area contributed by atoms with E-state index in [1.807, 2.05) is 13.8 Å². The molecule has 0 radical (unpaired) electrons. The first-order valence-corrected chi connectivity index (χ1v) is 3.35. The minimum absolute atomic E-state index is 0.255. The van der Waals surface area contributed by atoms with Crippen molar-refractivity contribution in [2.45, 2.75) is 20.3 Å². The number of allylic oxidation sites excluding steroid dienone is 2. The molecule has 2 heteroatoms. The van der Waals surface area contributed by atoms with Crippen molar-refractivity contribution >= 4 is 15.9 Å². The minimum Gasteiger partial charge on any atom is -0.251 e. The van der Waals surface area contributed by atoms with Crippen molar-refractivity contribution in [2.24, 2.45) is 0 Å². The third-order valence-electron chi connectivity index (χ3n) is 1.06. The highest BCUT2D eigenvalue weighted by Gasteiger charge is 1.90. The van der Waals surface area contributed by atoms with Crippen molar-refractivity contribution in [1.82, 2.24) is 0 Å². The van der Waals surface area contributed by atoms with Gasteiger partial charge < -0.3 is 0 Å². The first-order chi connectivity index (χ1) is 3.68. The van der Waals surface area contributed by atoms with E-state index >= 15 is 0 Å². The SMILES string of the molecule is CC(Br)=C(C)CCF. The van der Waals surface area contributed by atoms with E-state index in [-0.39, 0.29) is 6.67 Å². The van der Waals surface area contributed by atoms with Crippen LogP contribution in [0.4, 0.5) is 4.39 Å². The van der Waals surface area contributed by atoms with Crippen LogP contribution in [0.5, 0.6) is 0 Å². The molecule has 8 heavy (non-hydrogen) atoms. The average molecular weight is 181 g/mol. The Balaban J connectivity index is 3.62. The molecule has 0 rings (SSSR count). The molecule has 0 atom stereocenters. The van der Waals surface area contributed by atoms with Crippen LogP contribution in [-0.2, 0) is 0 Å². The maximum absolute atomic E-state index is 11.5. The number of rotatable bonds is 2. The maximum Gasteiger partial charge on any atom is 0.0931 e. The summed E-state index contributed by atoms with van der Waals surface area (Å²) in [4.78, 5) is 0. The van der Waals surface area contributed by atoms with Gasteiger partial charge in [-0.3, -0.25) is 4.39 Å². The third-order valence-corrected chi connectivity index (χ3v) is 1.73. The topological polar surface area (TPSA) is 0 Å².